The van der Waals surface area contributed by atoms with Gasteiger partial charge >= 0.3 is 0 Å². The first-order valence-corrected chi connectivity index (χ1v) is 7.74. The maximum Gasteiger partial charge on any atom is 0.148 e. The van der Waals surface area contributed by atoms with Crippen LogP contribution in [0.4, 0.5) is 5.82 Å². The Morgan fingerprint density at radius 3 is 2.92 bits per heavy atom. The van der Waals surface area contributed by atoms with Crippen molar-refractivity contribution in [3.8, 4) is 5.75 Å². The van der Waals surface area contributed by atoms with Gasteiger partial charge in [-0.2, -0.15) is 20.1 Å². The van der Waals surface area contributed by atoms with E-state index in [-0.39, 0.29) is 0 Å². The van der Waals surface area contributed by atoms with Gasteiger partial charge in [-0.1, -0.05) is 0 Å². The Morgan fingerprint density at radius 2 is 2.21 bits per heavy atom. The average molecular weight is 331 g/mol. The summed E-state index contributed by atoms with van der Waals surface area (Å²) < 4.78 is 5.68. The number of rotatable bonds is 6. The highest BCUT2D eigenvalue weighted by Crippen LogP contribution is 2.17. The number of nitrogens with zero attached hydrogens (tertiary/aromatic N) is 6. The fourth-order valence-electron chi connectivity index (χ4n) is 2.49. The standard InChI is InChI=1S/C14H21N9O/c15-19-10-22(16)14-2-1-13(8-18-14)24-9-11-7-20-23(21-11)12-3-5-17-6-4-12/h1-2,7-8,10,12,17H,3-6,9,15-16H2/b19-10-. The monoisotopic (exact) mass is 331 g/mol. The third-order valence-electron chi connectivity index (χ3n) is 3.75. The van der Waals surface area contributed by atoms with E-state index in [1.165, 1.54) is 11.3 Å². The Kier molecular flexibility index (Phi) is 5.18. The van der Waals surface area contributed by atoms with Crippen LogP contribution < -0.4 is 26.7 Å². The summed E-state index contributed by atoms with van der Waals surface area (Å²) in [7, 11) is 0. The number of hydrogen-bond donors (Lipinski definition) is 3. The lowest BCUT2D eigenvalue weighted by Crippen LogP contribution is -2.30. The fourth-order valence-corrected chi connectivity index (χ4v) is 2.49. The minimum absolute atomic E-state index is 0.336. The highest BCUT2D eigenvalue weighted by atomic mass is 16.5. The van der Waals surface area contributed by atoms with Gasteiger partial charge in [-0.05, 0) is 38.1 Å². The third kappa shape index (κ3) is 3.97. The molecule has 1 aliphatic heterocycles. The van der Waals surface area contributed by atoms with Crippen LogP contribution in [-0.4, -0.2) is 39.4 Å². The molecule has 1 aliphatic rings. The number of hydrazine groups is 1. The topological polar surface area (TPSA) is 132 Å². The van der Waals surface area contributed by atoms with Crippen LogP contribution in [0.25, 0.3) is 0 Å². The van der Waals surface area contributed by atoms with Crippen LogP contribution in [0, 0.1) is 0 Å². The number of nitrogens with two attached hydrogens (primary N) is 2. The van der Waals surface area contributed by atoms with Crippen molar-refractivity contribution >= 4 is 12.2 Å². The molecule has 0 radical (unpaired) electrons. The molecule has 10 nitrogen and oxygen atoms in total. The zero-order valence-electron chi connectivity index (χ0n) is 13.2. The first-order chi connectivity index (χ1) is 11.8. The second kappa shape index (κ2) is 7.70. The summed E-state index contributed by atoms with van der Waals surface area (Å²) in [6.07, 6.45) is 6.67. The van der Waals surface area contributed by atoms with Gasteiger partial charge in [0.1, 0.15) is 30.2 Å². The molecule has 5 N–H and O–H groups in total. The number of anilines is 1. The van der Waals surface area contributed by atoms with Gasteiger partial charge in [-0.25, -0.2) is 15.8 Å². The van der Waals surface area contributed by atoms with Crippen molar-refractivity contribution in [2.24, 2.45) is 16.8 Å². The number of pyridine rings is 1. The van der Waals surface area contributed by atoms with Crippen molar-refractivity contribution in [1.82, 2.24) is 25.3 Å². The van der Waals surface area contributed by atoms with Crippen molar-refractivity contribution in [3.63, 3.8) is 0 Å². The van der Waals surface area contributed by atoms with Crippen LogP contribution in [0.5, 0.6) is 5.75 Å². The minimum atomic E-state index is 0.336. The van der Waals surface area contributed by atoms with Crippen LogP contribution in [0.15, 0.2) is 29.6 Å². The van der Waals surface area contributed by atoms with Gasteiger partial charge in [-0.3, -0.25) is 0 Å². The molecule has 0 spiro atoms. The average Bonchev–Trinajstić information content (AvgIpc) is 3.10. The molecule has 0 atom stereocenters. The highest BCUT2D eigenvalue weighted by Gasteiger charge is 2.17. The molecular formula is C14H21N9O. The maximum atomic E-state index is 5.68. The van der Waals surface area contributed by atoms with E-state index >= 15 is 0 Å². The van der Waals surface area contributed by atoms with Crippen molar-refractivity contribution < 1.29 is 4.74 Å². The van der Waals surface area contributed by atoms with Crippen LogP contribution in [-0.2, 0) is 6.61 Å². The Labute approximate surface area is 139 Å². The number of piperidine rings is 1. The normalized spacial score (nSPS) is 15.7. The summed E-state index contributed by atoms with van der Waals surface area (Å²) in [5.74, 6) is 11.8. The molecule has 0 bridgehead atoms. The van der Waals surface area contributed by atoms with Crippen LogP contribution >= 0.6 is 0 Å². The first-order valence-electron chi connectivity index (χ1n) is 7.74. The van der Waals surface area contributed by atoms with Crippen LogP contribution in [0.1, 0.15) is 24.6 Å². The number of hydrogen-bond acceptors (Lipinski definition) is 8. The molecule has 24 heavy (non-hydrogen) atoms. The molecule has 0 aromatic carbocycles. The van der Waals surface area contributed by atoms with E-state index in [0.29, 0.717) is 24.2 Å². The number of aromatic nitrogens is 4. The zero-order chi connectivity index (χ0) is 16.8. The summed E-state index contributed by atoms with van der Waals surface area (Å²) in [6, 6.07) is 3.84. The first kappa shape index (κ1) is 16.1. The van der Waals surface area contributed by atoms with E-state index in [4.69, 9.17) is 16.4 Å². The minimum Gasteiger partial charge on any atom is -0.486 e. The van der Waals surface area contributed by atoms with E-state index in [1.54, 1.807) is 29.3 Å². The predicted molar refractivity (Wildman–Crippen MR) is 89.1 cm³/mol. The van der Waals surface area contributed by atoms with Gasteiger partial charge < -0.3 is 15.9 Å². The molecule has 2 aromatic rings. The predicted octanol–water partition coefficient (Wildman–Crippen LogP) is -0.241. The van der Waals surface area contributed by atoms with Gasteiger partial charge in [-0.15, -0.1) is 0 Å². The summed E-state index contributed by atoms with van der Waals surface area (Å²) >= 11 is 0. The molecule has 0 saturated carbocycles. The van der Waals surface area contributed by atoms with Crippen LogP contribution in [0.3, 0.4) is 0 Å². The Hall–Kier alpha value is -2.72. The zero-order valence-corrected chi connectivity index (χ0v) is 13.2. The van der Waals surface area contributed by atoms with Gasteiger partial charge in [0, 0.05) is 0 Å². The molecular weight excluding hydrogens is 310 g/mol. The summed E-state index contributed by atoms with van der Waals surface area (Å²) in [5.41, 5.74) is 0.785. The Balaban J connectivity index is 1.55. The van der Waals surface area contributed by atoms with Crippen molar-refractivity contribution in [2.75, 3.05) is 18.1 Å². The summed E-state index contributed by atoms with van der Waals surface area (Å²) in [6.45, 7) is 2.34. The van der Waals surface area contributed by atoms with E-state index in [0.717, 1.165) is 31.6 Å². The number of hydrazone groups is 1. The molecule has 128 valence electrons. The van der Waals surface area contributed by atoms with E-state index in [2.05, 4.69) is 25.6 Å². The second-order valence-corrected chi connectivity index (χ2v) is 5.45. The van der Waals surface area contributed by atoms with Gasteiger partial charge in [0.25, 0.3) is 0 Å². The van der Waals surface area contributed by atoms with Crippen molar-refractivity contribution in [2.45, 2.75) is 25.5 Å². The molecule has 1 fully saturated rings. The largest absolute Gasteiger partial charge is 0.486 e. The molecule has 3 rings (SSSR count). The lowest BCUT2D eigenvalue weighted by atomic mass is 10.1. The van der Waals surface area contributed by atoms with E-state index < -0.39 is 0 Å². The maximum absolute atomic E-state index is 5.68. The van der Waals surface area contributed by atoms with Crippen molar-refractivity contribution in [1.29, 1.82) is 0 Å². The van der Waals surface area contributed by atoms with Crippen LogP contribution in [0.2, 0.25) is 0 Å². The quantitative estimate of drug-likeness (QED) is 0.286. The lowest BCUT2D eigenvalue weighted by Gasteiger charge is -2.21. The molecule has 3 heterocycles. The number of ether oxygens (including phenoxy) is 1. The van der Waals surface area contributed by atoms with E-state index in [1.807, 2.05) is 0 Å². The smallest absolute Gasteiger partial charge is 0.148 e. The van der Waals surface area contributed by atoms with Gasteiger partial charge in [0.15, 0.2) is 0 Å². The summed E-state index contributed by atoms with van der Waals surface area (Å²) in [5, 5.41) is 16.7. The fraction of sp³-hybridized carbons (Fsp3) is 0.429. The summed E-state index contributed by atoms with van der Waals surface area (Å²) in [4.78, 5) is 5.96. The molecule has 0 aliphatic carbocycles. The molecule has 1 saturated heterocycles. The number of nitrogens with one attached hydrogen (secondary N) is 1. The van der Waals surface area contributed by atoms with Gasteiger partial charge in [0.05, 0.1) is 18.4 Å². The third-order valence-corrected chi connectivity index (χ3v) is 3.75. The lowest BCUT2D eigenvalue weighted by molar-refractivity contribution is 0.287. The SMILES string of the molecule is N/N=C\N(N)c1ccc(OCc2cnn(C3CCNCC3)n2)cn1. The molecule has 0 amide bonds. The molecule has 10 heteroatoms. The van der Waals surface area contributed by atoms with Gasteiger partial charge in [0.2, 0.25) is 0 Å². The molecule has 0 unspecified atom stereocenters. The van der Waals surface area contributed by atoms with E-state index in [9.17, 15) is 0 Å². The molecule has 2 aromatic heterocycles. The Bertz CT molecular complexity index is 663. The highest BCUT2D eigenvalue weighted by molar-refractivity contribution is 5.75. The second-order valence-electron chi connectivity index (χ2n) is 5.45. The van der Waals surface area contributed by atoms with Crippen molar-refractivity contribution in [3.05, 3.63) is 30.2 Å². The Morgan fingerprint density at radius 1 is 1.38 bits per heavy atom.